The third kappa shape index (κ3) is 3.89. The van der Waals surface area contributed by atoms with E-state index < -0.39 is 0 Å². The minimum atomic E-state index is -0.238. The lowest BCUT2D eigenvalue weighted by atomic mass is 10.3. The highest BCUT2D eigenvalue weighted by atomic mass is 35.5. The lowest BCUT2D eigenvalue weighted by Gasteiger charge is -2.13. The van der Waals surface area contributed by atoms with Gasteiger partial charge < -0.3 is 15.4 Å². The summed E-state index contributed by atoms with van der Waals surface area (Å²) in [6.45, 7) is 0. The van der Waals surface area contributed by atoms with Gasteiger partial charge in [0, 0.05) is 11.1 Å². The van der Waals surface area contributed by atoms with Crippen LogP contribution in [0.1, 0.15) is 12.8 Å². The average molecular weight is 303 g/mol. The summed E-state index contributed by atoms with van der Waals surface area (Å²) in [6.07, 6.45) is 2.08. The van der Waals surface area contributed by atoms with Crippen LogP contribution in [0.4, 0.5) is 10.5 Å². The Labute approximate surface area is 128 Å². The van der Waals surface area contributed by atoms with Crippen LogP contribution in [-0.2, 0) is 0 Å². The number of rotatable bonds is 4. The Bertz CT molecular complexity index is 642. The van der Waals surface area contributed by atoms with Gasteiger partial charge in [-0.15, -0.1) is 0 Å². The van der Waals surface area contributed by atoms with Crippen molar-refractivity contribution in [2.75, 3.05) is 5.32 Å². The van der Waals surface area contributed by atoms with Crippen LogP contribution in [0.25, 0.3) is 0 Å². The lowest BCUT2D eigenvalue weighted by molar-refractivity contribution is 0.251. The van der Waals surface area contributed by atoms with Crippen LogP contribution in [0, 0.1) is 0 Å². The number of hydrogen-bond acceptors (Lipinski definition) is 2. The van der Waals surface area contributed by atoms with Gasteiger partial charge >= 0.3 is 6.03 Å². The fraction of sp³-hybridized carbons (Fsp3) is 0.188. The first-order chi connectivity index (χ1) is 10.2. The monoisotopic (exact) mass is 302 g/mol. The van der Waals surface area contributed by atoms with Crippen LogP contribution in [0.2, 0.25) is 5.02 Å². The fourth-order valence-corrected chi connectivity index (χ4v) is 2.05. The summed E-state index contributed by atoms with van der Waals surface area (Å²) in [6, 6.07) is 14.6. The first kappa shape index (κ1) is 13.8. The summed E-state index contributed by atoms with van der Waals surface area (Å²) in [5, 5.41) is 6.19. The molecule has 0 radical (unpaired) electrons. The van der Waals surface area contributed by atoms with Crippen molar-refractivity contribution in [1.82, 2.24) is 5.32 Å². The van der Waals surface area contributed by atoms with Crippen LogP contribution in [0.3, 0.4) is 0 Å². The molecule has 0 atom stereocenters. The number of carbonyl (C=O) groups is 1. The maximum atomic E-state index is 11.9. The number of urea groups is 1. The predicted octanol–water partition coefficient (Wildman–Crippen LogP) is 4.42. The summed E-state index contributed by atoms with van der Waals surface area (Å²) in [5.41, 5.74) is 0.546. The zero-order valence-electron chi connectivity index (χ0n) is 11.3. The van der Waals surface area contributed by atoms with E-state index in [9.17, 15) is 4.79 Å². The summed E-state index contributed by atoms with van der Waals surface area (Å²) in [5.74, 6) is 1.25. The Morgan fingerprint density at radius 1 is 1.14 bits per heavy atom. The highest BCUT2D eigenvalue weighted by Crippen LogP contribution is 2.32. The van der Waals surface area contributed by atoms with Crippen LogP contribution < -0.4 is 15.4 Å². The number of halogens is 1. The summed E-state index contributed by atoms with van der Waals surface area (Å²) in [7, 11) is 0. The molecule has 2 aromatic rings. The van der Waals surface area contributed by atoms with E-state index in [4.69, 9.17) is 16.3 Å². The lowest BCUT2D eigenvalue weighted by Crippen LogP contribution is -2.30. The van der Waals surface area contributed by atoms with E-state index in [0.717, 1.165) is 12.8 Å². The van der Waals surface area contributed by atoms with Crippen molar-refractivity contribution in [3.8, 4) is 11.5 Å². The van der Waals surface area contributed by atoms with Crippen molar-refractivity contribution in [3.05, 3.63) is 53.6 Å². The molecule has 0 heterocycles. The van der Waals surface area contributed by atoms with Gasteiger partial charge in [0.1, 0.15) is 5.75 Å². The van der Waals surface area contributed by atoms with Crippen molar-refractivity contribution in [1.29, 1.82) is 0 Å². The fourth-order valence-electron chi connectivity index (χ4n) is 1.88. The van der Waals surface area contributed by atoms with Crippen LogP contribution >= 0.6 is 11.6 Å². The maximum Gasteiger partial charge on any atom is 0.319 e. The van der Waals surface area contributed by atoms with Gasteiger partial charge in [0.25, 0.3) is 0 Å². The van der Waals surface area contributed by atoms with Crippen LogP contribution in [-0.4, -0.2) is 12.1 Å². The van der Waals surface area contributed by atoms with Gasteiger partial charge in [0.05, 0.1) is 5.69 Å². The molecule has 1 saturated carbocycles. The second-order valence-corrected chi connectivity index (χ2v) is 5.36. The summed E-state index contributed by atoms with van der Waals surface area (Å²) in [4.78, 5) is 11.9. The molecular weight excluding hydrogens is 288 g/mol. The first-order valence-corrected chi connectivity index (χ1v) is 7.18. The van der Waals surface area contributed by atoms with Gasteiger partial charge in [-0.2, -0.15) is 0 Å². The normalized spacial score (nSPS) is 13.6. The molecule has 108 valence electrons. The Kier molecular flexibility index (Phi) is 3.97. The van der Waals surface area contributed by atoms with Crippen molar-refractivity contribution in [2.45, 2.75) is 18.9 Å². The van der Waals surface area contributed by atoms with E-state index in [1.807, 2.05) is 30.3 Å². The predicted molar refractivity (Wildman–Crippen MR) is 83.1 cm³/mol. The number of hydrogen-bond donors (Lipinski definition) is 2. The first-order valence-electron chi connectivity index (χ1n) is 6.81. The zero-order valence-corrected chi connectivity index (χ0v) is 12.1. The summed E-state index contributed by atoms with van der Waals surface area (Å²) < 4.78 is 5.78. The number of anilines is 1. The average Bonchev–Trinajstić information content (AvgIpc) is 3.27. The van der Waals surface area contributed by atoms with Crippen molar-refractivity contribution in [2.24, 2.45) is 0 Å². The third-order valence-corrected chi connectivity index (χ3v) is 3.31. The zero-order chi connectivity index (χ0) is 14.7. The van der Waals surface area contributed by atoms with E-state index in [1.54, 1.807) is 18.2 Å². The topological polar surface area (TPSA) is 50.4 Å². The number of ether oxygens (including phenoxy) is 1. The second-order valence-electron chi connectivity index (χ2n) is 4.93. The Morgan fingerprint density at radius 2 is 1.90 bits per heavy atom. The maximum absolute atomic E-state index is 11.9. The molecule has 1 aliphatic rings. The number of benzene rings is 2. The highest BCUT2D eigenvalue weighted by molar-refractivity contribution is 6.31. The minimum absolute atomic E-state index is 0.238. The number of carbonyl (C=O) groups excluding carboxylic acids is 1. The molecule has 0 spiro atoms. The smallest absolute Gasteiger partial charge is 0.319 e. The van der Waals surface area contributed by atoms with Crippen molar-refractivity contribution >= 4 is 23.3 Å². The molecule has 0 unspecified atom stereocenters. The Morgan fingerprint density at radius 3 is 2.62 bits per heavy atom. The number of para-hydroxylation sites is 1. The molecule has 0 aliphatic heterocycles. The molecule has 0 bridgehead atoms. The van der Waals surface area contributed by atoms with E-state index in [2.05, 4.69) is 10.6 Å². The molecule has 2 N–H and O–H groups in total. The molecule has 0 saturated heterocycles. The van der Waals surface area contributed by atoms with Crippen LogP contribution in [0.15, 0.2) is 48.5 Å². The van der Waals surface area contributed by atoms with Gasteiger partial charge in [-0.3, -0.25) is 0 Å². The second kappa shape index (κ2) is 6.06. The van der Waals surface area contributed by atoms with Crippen molar-refractivity contribution < 1.29 is 9.53 Å². The molecule has 2 amide bonds. The van der Waals surface area contributed by atoms with E-state index in [1.165, 1.54) is 0 Å². The van der Waals surface area contributed by atoms with Gasteiger partial charge in [-0.1, -0.05) is 29.8 Å². The third-order valence-electron chi connectivity index (χ3n) is 3.07. The standard InChI is InChI=1S/C16H15ClN2O2/c17-11-6-9-15(21-13-4-2-1-3-5-13)14(10-11)19-16(20)18-12-7-8-12/h1-6,9-10,12H,7-8H2,(H2,18,19,20). The van der Waals surface area contributed by atoms with E-state index in [-0.39, 0.29) is 6.03 Å². The molecule has 2 aromatic carbocycles. The van der Waals surface area contributed by atoms with Gasteiger partial charge in [-0.05, 0) is 43.2 Å². The molecular formula is C16H15ClN2O2. The van der Waals surface area contributed by atoms with E-state index in [0.29, 0.717) is 28.3 Å². The minimum Gasteiger partial charge on any atom is -0.455 e. The Balaban J connectivity index is 1.77. The molecule has 21 heavy (non-hydrogen) atoms. The molecule has 0 aromatic heterocycles. The number of nitrogens with one attached hydrogen (secondary N) is 2. The largest absolute Gasteiger partial charge is 0.455 e. The molecule has 4 nitrogen and oxygen atoms in total. The van der Waals surface area contributed by atoms with E-state index >= 15 is 0 Å². The molecule has 1 aliphatic carbocycles. The van der Waals surface area contributed by atoms with Gasteiger partial charge in [-0.25, -0.2) is 4.79 Å². The van der Waals surface area contributed by atoms with Gasteiger partial charge in [0.2, 0.25) is 0 Å². The number of amides is 2. The SMILES string of the molecule is O=C(Nc1cc(Cl)ccc1Oc1ccccc1)NC1CC1. The van der Waals surface area contributed by atoms with Gasteiger partial charge in [0.15, 0.2) is 5.75 Å². The summed E-state index contributed by atoms with van der Waals surface area (Å²) >= 11 is 5.99. The Hall–Kier alpha value is -2.20. The van der Waals surface area contributed by atoms with Crippen molar-refractivity contribution in [3.63, 3.8) is 0 Å². The molecule has 3 rings (SSSR count). The molecule has 1 fully saturated rings. The molecule has 5 heteroatoms. The van der Waals surface area contributed by atoms with Crippen LogP contribution in [0.5, 0.6) is 11.5 Å². The quantitative estimate of drug-likeness (QED) is 0.878. The highest BCUT2D eigenvalue weighted by Gasteiger charge is 2.23.